The fourth-order valence-electron chi connectivity index (χ4n) is 3.14. The maximum atomic E-state index is 12.2. The van der Waals surface area contributed by atoms with Crippen molar-refractivity contribution in [2.45, 2.75) is 46.5 Å². The van der Waals surface area contributed by atoms with E-state index in [1.807, 2.05) is 4.90 Å². The van der Waals surface area contributed by atoms with Gasteiger partial charge < -0.3 is 15.0 Å². The van der Waals surface area contributed by atoms with Crippen LogP contribution in [0.2, 0.25) is 0 Å². The lowest BCUT2D eigenvalue weighted by Gasteiger charge is -2.27. The molecule has 0 spiro atoms. The molecule has 4 nitrogen and oxygen atoms in total. The molecule has 1 aliphatic heterocycles. The van der Waals surface area contributed by atoms with Crippen LogP contribution in [0.15, 0.2) is 12.1 Å². The van der Waals surface area contributed by atoms with Crippen molar-refractivity contribution in [2.75, 3.05) is 32.8 Å². The van der Waals surface area contributed by atoms with Crippen LogP contribution in [0.3, 0.4) is 0 Å². The third kappa shape index (κ3) is 5.24. The quantitative estimate of drug-likeness (QED) is 0.840. The Hall–Kier alpha value is -1.55. The molecule has 1 saturated heterocycles. The van der Waals surface area contributed by atoms with Crippen molar-refractivity contribution in [3.8, 4) is 5.75 Å². The standard InChI is InChI=1S/C19H30N2O2/c1-4-12-23-19-16(3)13-15(2)14-17(19)6-5-7-18(22)21-10-8-20-9-11-21/h13-14,20H,4-12H2,1-3H3. The third-order valence-electron chi connectivity index (χ3n) is 4.25. The van der Waals surface area contributed by atoms with Gasteiger partial charge in [0, 0.05) is 32.6 Å². The van der Waals surface area contributed by atoms with Crippen molar-refractivity contribution in [2.24, 2.45) is 0 Å². The van der Waals surface area contributed by atoms with Crippen molar-refractivity contribution in [3.05, 3.63) is 28.8 Å². The van der Waals surface area contributed by atoms with Gasteiger partial charge in [0.25, 0.3) is 0 Å². The van der Waals surface area contributed by atoms with E-state index in [0.29, 0.717) is 6.42 Å². The van der Waals surface area contributed by atoms with E-state index >= 15 is 0 Å². The summed E-state index contributed by atoms with van der Waals surface area (Å²) in [6.07, 6.45) is 3.42. The summed E-state index contributed by atoms with van der Waals surface area (Å²) < 4.78 is 5.94. The number of piperazine rings is 1. The Labute approximate surface area is 140 Å². The molecule has 128 valence electrons. The van der Waals surface area contributed by atoms with Gasteiger partial charge in [-0.1, -0.05) is 24.6 Å². The fraction of sp³-hybridized carbons (Fsp3) is 0.632. The minimum Gasteiger partial charge on any atom is -0.493 e. The Balaban J connectivity index is 1.92. The number of carbonyl (C=O) groups is 1. The number of aryl methyl sites for hydroxylation is 3. The molecule has 1 aliphatic rings. The van der Waals surface area contributed by atoms with E-state index in [0.717, 1.165) is 57.8 Å². The first-order valence-electron chi connectivity index (χ1n) is 8.83. The molecular formula is C19H30N2O2. The predicted molar refractivity (Wildman–Crippen MR) is 94.1 cm³/mol. The highest BCUT2D eigenvalue weighted by molar-refractivity contribution is 5.76. The second-order valence-electron chi connectivity index (χ2n) is 6.40. The lowest BCUT2D eigenvalue weighted by molar-refractivity contribution is -0.131. The lowest BCUT2D eigenvalue weighted by Crippen LogP contribution is -2.46. The van der Waals surface area contributed by atoms with Crippen LogP contribution < -0.4 is 10.1 Å². The highest BCUT2D eigenvalue weighted by Gasteiger charge is 2.16. The average Bonchev–Trinajstić information content (AvgIpc) is 2.54. The largest absolute Gasteiger partial charge is 0.493 e. The van der Waals surface area contributed by atoms with Gasteiger partial charge in [-0.3, -0.25) is 4.79 Å². The Morgan fingerprint density at radius 3 is 2.70 bits per heavy atom. The number of amides is 1. The van der Waals surface area contributed by atoms with Crippen LogP contribution in [0, 0.1) is 13.8 Å². The number of benzene rings is 1. The van der Waals surface area contributed by atoms with Gasteiger partial charge in [0.15, 0.2) is 0 Å². The van der Waals surface area contributed by atoms with E-state index in [1.165, 1.54) is 16.7 Å². The number of hydrogen-bond donors (Lipinski definition) is 1. The fourth-order valence-corrected chi connectivity index (χ4v) is 3.14. The molecule has 23 heavy (non-hydrogen) atoms. The zero-order chi connectivity index (χ0) is 16.7. The van der Waals surface area contributed by atoms with Crippen molar-refractivity contribution in [1.82, 2.24) is 10.2 Å². The van der Waals surface area contributed by atoms with E-state index in [-0.39, 0.29) is 5.91 Å². The van der Waals surface area contributed by atoms with E-state index in [2.05, 4.69) is 38.2 Å². The average molecular weight is 318 g/mol. The number of nitrogens with one attached hydrogen (secondary N) is 1. The molecule has 1 amide bonds. The van der Waals surface area contributed by atoms with Crippen LogP contribution in [-0.4, -0.2) is 43.6 Å². The molecule has 1 N–H and O–H groups in total. The molecule has 2 rings (SSSR count). The van der Waals surface area contributed by atoms with Crippen LogP contribution in [-0.2, 0) is 11.2 Å². The molecule has 4 heteroatoms. The molecule has 0 radical (unpaired) electrons. The highest BCUT2D eigenvalue weighted by atomic mass is 16.5. The summed E-state index contributed by atoms with van der Waals surface area (Å²) in [7, 11) is 0. The molecule has 0 aromatic heterocycles. The minimum absolute atomic E-state index is 0.284. The Morgan fingerprint density at radius 1 is 1.26 bits per heavy atom. The van der Waals surface area contributed by atoms with Gasteiger partial charge in [0.05, 0.1) is 6.61 Å². The van der Waals surface area contributed by atoms with Gasteiger partial charge in [-0.15, -0.1) is 0 Å². The zero-order valence-corrected chi connectivity index (χ0v) is 14.8. The van der Waals surface area contributed by atoms with Gasteiger partial charge in [-0.25, -0.2) is 0 Å². The summed E-state index contributed by atoms with van der Waals surface area (Å²) in [6.45, 7) is 10.6. The van der Waals surface area contributed by atoms with Gasteiger partial charge >= 0.3 is 0 Å². The monoisotopic (exact) mass is 318 g/mol. The number of ether oxygens (including phenoxy) is 1. The maximum absolute atomic E-state index is 12.2. The second-order valence-corrected chi connectivity index (χ2v) is 6.40. The van der Waals surface area contributed by atoms with E-state index in [9.17, 15) is 4.79 Å². The minimum atomic E-state index is 0.284. The number of nitrogens with zero attached hydrogens (tertiary/aromatic N) is 1. The first-order chi connectivity index (χ1) is 11.1. The summed E-state index contributed by atoms with van der Waals surface area (Å²) >= 11 is 0. The SMILES string of the molecule is CCCOc1c(C)cc(C)cc1CCCC(=O)N1CCNCC1. The molecule has 0 unspecified atom stereocenters. The van der Waals surface area contributed by atoms with Gasteiger partial charge in [0.2, 0.25) is 5.91 Å². The molecule has 0 aliphatic carbocycles. The first-order valence-corrected chi connectivity index (χ1v) is 8.83. The molecule has 1 heterocycles. The summed E-state index contributed by atoms with van der Waals surface area (Å²) in [5.41, 5.74) is 3.70. The Morgan fingerprint density at radius 2 is 2.00 bits per heavy atom. The Bertz CT molecular complexity index is 522. The molecule has 1 fully saturated rings. The van der Waals surface area contributed by atoms with Crippen molar-refractivity contribution in [1.29, 1.82) is 0 Å². The van der Waals surface area contributed by atoms with Crippen molar-refractivity contribution < 1.29 is 9.53 Å². The zero-order valence-electron chi connectivity index (χ0n) is 14.8. The number of carbonyl (C=O) groups excluding carboxylic acids is 1. The second kappa shape index (κ2) is 8.92. The molecule has 0 bridgehead atoms. The van der Waals surface area contributed by atoms with Crippen LogP contribution in [0.4, 0.5) is 0 Å². The lowest BCUT2D eigenvalue weighted by atomic mass is 10.0. The maximum Gasteiger partial charge on any atom is 0.222 e. The van der Waals surface area contributed by atoms with E-state index < -0.39 is 0 Å². The van der Waals surface area contributed by atoms with Crippen LogP contribution in [0.25, 0.3) is 0 Å². The number of hydrogen-bond acceptors (Lipinski definition) is 3. The Kier molecular flexibility index (Phi) is 6.90. The molecule has 1 aromatic carbocycles. The third-order valence-corrected chi connectivity index (χ3v) is 4.25. The van der Waals surface area contributed by atoms with Gasteiger partial charge in [-0.05, 0) is 44.2 Å². The number of rotatable bonds is 7. The van der Waals surface area contributed by atoms with E-state index in [4.69, 9.17) is 4.74 Å². The molecular weight excluding hydrogens is 288 g/mol. The normalized spacial score (nSPS) is 14.8. The summed E-state index contributed by atoms with van der Waals surface area (Å²) in [5, 5.41) is 3.28. The van der Waals surface area contributed by atoms with Gasteiger partial charge in [0.1, 0.15) is 5.75 Å². The smallest absolute Gasteiger partial charge is 0.222 e. The molecule has 0 saturated carbocycles. The van der Waals surface area contributed by atoms with Crippen LogP contribution in [0.1, 0.15) is 42.9 Å². The topological polar surface area (TPSA) is 41.6 Å². The summed E-state index contributed by atoms with van der Waals surface area (Å²) in [6, 6.07) is 4.37. The van der Waals surface area contributed by atoms with Crippen molar-refractivity contribution >= 4 is 5.91 Å². The first kappa shape index (κ1) is 17.8. The summed E-state index contributed by atoms with van der Waals surface area (Å²) in [4.78, 5) is 14.2. The van der Waals surface area contributed by atoms with Gasteiger partial charge in [-0.2, -0.15) is 0 Å². The van der Waals surface area contributed by atoms with E-state index in [1.54, 1.807) is 0 Å². The predicted octanol–water partition coefficient (Wildman–Crippen LogP) is 2.85. The summed E-state index contributed by atoms with van der Waals surface area (Å²) in [5.74, 6) is 1.30. The molecule has 1 aromatic rings. The van der Waals surface area contributed by atoms with Crippen LogP contribution >= 0.6 is 0 Å². The van der Waals surface area contributed by atoms with Crippen molar-refractivity contribution in [3.63, 3.8) is 0 Å². The molecule has 0 atom stereocenters. The highest BCUT2D eigenvalue weighted by Crippen LogP contribution is 2.27. The van der Waals surface area contributed by atoms with Crippen LogP contribution in [0.5, 0.6) is 5.75 Å².